The molecule has 0 aliphatic heterocycles. The molecule has 0 aromatic carbocycles. The Balaban J connectivity index is 2.09. The Morgan fingerprint density at radius 3 is 2.71 bits per heavy atom. The molecule has 2 aromatic rings. The molecule has 130 valence electrons. The minimum absolute atomic E-state index is 0.0398. The van der Waals surface area contributed by atoms with Crippen molar-refractivity contribution in [3.63, 3.8) is 0 Å². The first-order valence-corrected chi connectivity index (χ1v) is 9.33. The van der Waals surface area contributed by atoms with E-state index in [9.17, 15) is 4.79 Å². The number of rotatable bonds is 9. The second kappa shape index (κ2) is 9.42. The van der Waals surface area contributed by atoms with Crippen molar-refractivity contribution < 1.29 is 4.79 Å². The number of aromatic nitrogens is 4. The third kappa shape index (κ3) is 5.33. The van der Waals surface area contributed by atoms with Crippen LogP contribution in [0.25, 0.3) is 11.4 Å². The van der Waals surface area contributed by atoms with Gasteiger partial charge in [-0.2, -0.15) is 0 Å². The van der Waals surface area contributed by atoms with Gasteiger partial charge >= 0.3 is 0 Å². The van der Waals surface area contributed by atoms with E-state index in [4.69, 9.17) is 0 Å². The molecule has 0 aliphatic rings. The normalized spacial score (nSPS) is 11.0. The number of carbonyl (C=O) groups excluding carboxylic acids is 1. The Bertz CT molecular complexity index is 642. The van der Waals surface area contributed by atoms with Gasteiger partial charge in [0.25, 0.3) is 0 Å². The molecular formula is C17H25N5OS. The molecule has 0 aliphatic carbocycles. The lowest BCUT2D eigenvalue weighted by Crippen LogP contribution is -2.26. The van der Waals surface area contributed by atoms with E-state index in [1.807, 2.05) is 12.1 Å². The van der Waals surface area contributed by atoms with Crippen molar-refractivity contribution >= 4 is 17.7 Å². The number of amides is 1. The van der Waals surface area contributed by atoms with Gasteiger partial charge in [0.2, 0.25) is 5.91 Å². The number of thioether (sulfide) groups is 1. The summed E-state index contributed by atoms with van der Waals surface area (Å²) < 4.78 is 2.09. The lowest BCUT2D eigenvalue weighted by atomic mass is 10.2. The molecule has 0 radical (unpaired) electrons. The molecule has 2 rings (SSSR count). The van der Waals surface area contributed by atoms with Crippen molar-refractivity contribution in [2.45, 2.75) is 45.3 Å². The quantitative estimate of drug-likeness (QED) is 0.558. The molecule has 0 saturated carbocycles. The zero-order chi connectivity index (χ0) is 17.4. The third-order valence-electron chi connectivity index (χ3n) is 3.39. The summed E-state index contributed by atoms with van der Waals surface area (Å²) in [6, 6.07) is 3.85. The summed E-state index contributed by atoms with van der Waals surface area (Å²) in [5, 5.41) is 12.3. The van der Waals surface area contributed by atoms with Crippen LogP contribution in [0, 0.1) is 5.92 Å². The molecule has 2 aromatic heterocycles. The van der Waals surface area contributed by atoms with Crippen LogP contribution in [-0.4, -0.2) is 38.0 Å². The summed E-state index contributed by atoms with van der Waals surface area (Å²) >= 11 is 1.43. The zero-order valence-corrected chi connectivity index (χ0v) is 15.3. The molecule has 1 amide bonds. The molecule has 6 nitrogen and oxygen atoms in total. The fraction of sp³-hybridized carbons (Fsp3) is 0.529. The van der Waals surface area contributed by atoms with E-state index in [-0.39, 0.29) is 5.91 Å². The van der Waals surface area contributed by atoms with E-state index >= 15 is 0 Å². The molecule has 0 unspecified atom stereocenters. The van der Waals surface area contributed by atoms with Crippen LogP contribution in [0.15, 0.2) is 29.7 Å². The number of carbonyl (C=O) groups is 1. The molecule has 7 heteroatoms. The van der Waals surface area contributed by atoms with E-state index in [0.29, 0.717) is 11.7 Å². The van der Waals surface area contributed by atoms with E-state index in [1.165, 1.54) is 11.8 Å². The lowest BCUT2D eigenvalue weighted by Gasteiger charge is -2.12. The standard InChI is InChI=1S/C17H25N5OS/c1-4-5-8-19-15(23)12-24-17-21-20-16(22(17)11-13(2)3)14-6-9-18-10-7-14/h6-7,9-10,13H,4-5,8,11-12H2,1-3H3,(H,19,23). The van der Waals surface area contributed by atoms with Crippen LogP contribution in [0.1, 0.15) is 33.6 Å². The van der Waals surface area contributed by atoms with Crippen molar-refractivity contribution in [2.24, 2.45) is 5.92 Å². The number of hydrogen-bond acceptors (Lipinski definition) is 5. The lowest BCUT2D eigenvalue weighted by molar-refractivity contribution is -0.118. The predicted octanol–water partition coefficient (Wildman–Crippen LogP) is 3.00. The molecular weight excluding hydrogens is 322 g/mol. The summed E-state index contributed by atoms with van der Waals surface area (Å²) in [5.41, 5.74) is 0.984. The van der Waals surface area contributed by atoms with Crippen molar-refractivity contribution in [2.75, 3.05) is 12.3 Å². The molecule has 1 N–H and O–H groups in total. The highest BCUT2D eigenvalue weighted by molar-refractivity contribution is 7.99. The Morgan fingerprint density at radius 2 is 2.04 bits per heavy atom. The van der Waals surface area contributed by atoms with Crippen LogP contribution in [-0.2, 0) is 11.3 Å². The largest absolute Gasteiger partial charge is 0.355 e. The van der Waals surface area contributed by atoms with Gasteiger partial charge in [0.15, 0.2) is 11.0 Å². The first-order valence-electron chi connectivity index (χ1n) is 8.35. The number of nitrogens with one attached hydrogen (secondary N) is 1. The first-order chi connectivity index (χ1) is 11.6. The van der Waals surface area contributed by atoms with Crippen LogP contribution < -0.4 is 5.32 Å². The Morgan fingerprint density at radius 1 is 1.29 bits per heavy atom. The first kappa shape index (κ1) is 18.4. The van der Waals surface area contributed by atoms with Crippen LogP contribution in [0.3, 0.4) is 0 Å². The number of nitrogens with zero attached hydrogens (tertiary/aromatic N) is 4. The Hall–Kier alpha value is -1.89. The number of unbranched alkanes of at least 4 members (excludes halogenated alkanes) is 1. The number of hydrogen-bond donors (Lipinski definition) is 1. The summed E-state index contributed by atoms with van der Waals surface area (Å²) in [4.78, 5) is 16.0. The van der Waals surface area contributed by atoms with E-state index in [2.05, 4.69) is 45.8 Å². The molecule has 2 heterocycles. The van der Waals surface area contributed by atoms with Crippen molar-refractivity contribution in [3.8, 4) is 11.4 Å². The molecule has 0 bridgehead atoms. The minimum Gasteiger partial charge on any atom is -0.355 e. The van der Waals surface area contributed by atoms with Gasteiger partial charge < -0.3 is 9.88 Å². The van der Waals surface area contributed by atoms with Crippen molar-refractivity contribution in [3.05, 3.63) is 24.5 Å². The number of pyridine rings is 1. The van der Waals surface area contributed by atoms with Gasteiger partial charge in [0.05, 0.1) is 5.75 Å². The SMILES string of the molecule is CCCCNC(=O)CSc1nnc(-c2ccncc2)n1CC(C)C. The van der Waals surface area contributed by atoms with Gasteiger partial charge in [0.1, 0.15) is 0 Å². The highest BCUT2D eigenvalue weighted by atomic mass is 32.2. The van der Waals surface area contributed by atoms with Crippen molar-refractivity contribution in [1.29, 1.82) is 0 Å². The maximum absolute atomic E-state index is 11.9. The Kier molecular flexibility index (Phi) is 7.24. The second-order valence-corrected chi connectivity index (χ2v) is 6.98. The maximum Gasteiger partial charge on any atom is 0.230 e. The predicted molar refractivity (Wildman–Crippen MR) is 96.7 cm³/mol. The van der Waals surface area contributed by atoms with Gasteiger partial charge in [-0.15, -0.1) is 10.2 Å². The third-order valence-corrected chi connectivity index (χ3v) is 4.35. The average Bonchev–Trinajstić information content (AvgIpc) is 2.96. The van der Waals surface area contributed by atoms with Crippen LogP contribution >= 0.6 is 11.8 Å². The molecule has 0 atom stereocenters. The molecule has 0 saturated heterocycles. The topological polar surface area (TPSA) is 72.7 Å². The van der Waals surface area contributed by atoms with E-state index in [0.717, 1.165) is 42.5 Å². The van der Waals surface area contributed by atoms with Crippen LogP contribution in [0.5, 0.6) is 0 Å². The van der Waals surface area contributed by atoms with Crippen molar-refractivity contribution in [1.82, 2.24) is 25.1 Å². The molecule has 24 heavy (non-hydrogen) atoms. The van der Waals surface area contributed by atoms with Gasteiger partial charge in [0, 0.05) is 31.0 Å². The van der Waals surface area contributed by atoms with Gasteiger partial charge in [-0.1, -0.05) is 39.0 Å². The minimum atomic E-state index is 0.0398. The van der Waals surface area contributed by atoms with E-state index in [1.54, 1.807) is 12.4 Å². The van der Waals surface area contributed by atoms with E-state index < -0.39 is 0 Å². The van der Waals surface area contributed by atoms with Gasteiger partial charge in [-0.05, 0) is 24.5 Å². The fourth-order valence-electron chi connectivity index (χ4n) is 2.23. The highest BCUT2D eigenvalue weighted by Gasteiger charge is 2.16. The maximum atomic E-state index is 11.9. The Labute approximate surface area is 147 Å². The summed E-state index contributed by atoms with van der Waals surface area (Å²) in [6.45, 7) is 7.96. The second-order valence-electron chi connectivity index (χ2n) is 6.04. The molecule has 0 fully saturated rings. The fourth-order valence-corrected chi connectivity index (χ4v) is 3.00. The molecule has 0 spiro atoms. The summed E-state index contributed by atoms with van der Waals surface area (Å²) in [7, 11) is 0. The van der Waals surface area contributed by atoms with Gasteiger partial charge in [-0.25, -0.2) is 0 Å². The zero-order valence-electron chi connectivity index (χ0n) is 14.5. The smallest absolute Gasteiger partial charge is 0.230 e. The monoisotopic (exact) mass is 347 g/mol. The van der Waals surface area contributed by atoms with Crippen LogP contribution in [0.2, 0.25) is 0 Å². The van der Waals surface area contributed by atoms with Crippen LogP contribution in [0.4, 0.5) is 0 Å². The summed E-state index contributed by atoms with van der Waals surface area (Å²) in [6.07, 6.45) is 5.58. The van der Waals surface area contributed by atoms with Gasteiger partial charge in [-0.3, -0.25) is 9.78 Å². The summed E-state index contributed by atoms with van der Waals surface area (Å²) in [5.74, 6) is 1.67. The average molecular weight is 347 g/mol. The highest BCUT2D eigenvalue weighted by Crippen LogP contribution is 2.24.